The minimum Gasteiger partial charge on any atom is -0.298 e. The Balaban J connectivity index is 1.70. The number of fused-ring (bicyclic) bond motifs is 2. The van der Waals surface area contributed by atoms with Crippen LogP contribution in [0.15, 0.2) is 97.1 Å². The van der Waals surface area contributed by atoms with Crippen LogP contribution in [0.5, 0.6) is 0 Å². The van der Waals surface area contributed by atoms with Crippen LogP contribution in [0.4, 0.5) is 0 Å². The fourth-order valence-electron chi connectivity index (χ4n) is 4.27. The van der Waals surface area contributed by atoms with Crippen LogP contribution in [0.3, 0.4) is 0 Å². The molecule has 0 saturated carbocycles. The number of aromatic nitrogens is 2. The minimum absolute atomic E-state index is 0.0217. The summed E-state index contributed by atoms with van der Waals surface area (Å²) in [6.45, 7) is 3.88. The molecule has 1 aliphatic rings. The predicted octanol–water partition coefficient (Wildman–Crippen LogP) is 7.00. The Morgan fingerprint density at radius 1 is 0.767 bits per heavy atom. The lowest BCUT2D eigenvalue weighted by atomic mass is 9.74. The van der Waals surface area contributed by atoms with E-state index in [4.69, 9.17) is 13.7 Å². The molecule has 1 aromatic heterocycles. The van der Waals surface area contributed by atoms with Crippen molar-refractivity contribution < 1.29 is 13.7 Å². The van der Waals surface area contributed by atoms with Gasteiger partial charge in [0, 0.05) is 5.41 Å². The van der Waals surface area contributed by atoms with Gasteiger partial charge < -0.3 is 0 Å². The first-order chi connectivity index (χ1) is 18.8. The highest BCUT2D eigenvalue weighted by atomic mass is 15.1. The smallest absolute Gasteiger partial charge is 0.100 e. The Labute approximate surface area is 190 Å². The number of hydrogen-bond acceptors (Lipinski definition) is 1. The molecule has 2 heterocycles. The quantitative estimate of drug-likeness (QED) is 0.314. The molecule has 0 bridgehead atoms. The lowest BCUT2D eigenvalue weighted by molar-refractivity contribution is 0.628. The molecule has 2 nitrogen and oxygen atoms in total. The van der Waals surface area contributed by atoms with Gasteiger partial charge in [-0.2, -0.15) is 0 Å². The molecule has 0 aliphatic carbocycles. The van der Waals surface area contributed by atoms with Crippen LogP contribution in [0.25, 0.3) is 39.0 Å². The summed E-state index contributed by atoms with van der Waals surface area (Å²) < 4.78 is 85.8. The van der Waals surface area contributed by atoms with Gasteiger partial charge in [0.25, 0.3) is 0 Å². The second-order valence-corrected chi connectivity index (χ2v) is 7.82. The van der Waals surface area contributed by atoms with Gasteiger partial charge in [-0.3, -0.25) is 4.57 Å². The Morgan fingerprint density at radius 2 is 1.57 bits per heavy atom. The maximum atomic E-state index is 8.81. The van der Waals surface area contributed by atoms with Gasteiger partial charge in [-0.05, 0) is 51.6 Å². The zero-order chi connectivity index (χ0) is 29.0. The summed E-state index contributed by atoms with van der Waals surface area (Å²) in [5.74, 6) is 0. The average Bonchev–Trinajstić information content (AvgIpc) is 3.33. The molecular weight excluding hydrogens is 364 g/mol. The van der Waals surface area contributed by atoms with E-state index in [-0.39, 0.29) is 40.9 Å². The minimum atomic E-state index is -0.769. The molecule has 0 fully saturated rings. The van der Waals surface area contributed by atoms with E-state index in [0.717, 1.165) is 16.8 Å². The molecular formula is C28H22N2. The third-order valence-electron chi connectivity index (χ3n) is 5.79. The van der Waals surface area contributed by atoms with Crippen molar-refractivity contribution in [3.05, 3.63) is 108 Å². The van der Waals surface area contributed by atoms with Crippen LogP contribution < -0.4 is 0 Å². The lowest BCUT2D eigenvalue weighted by Crippen LogP contribution is -2.26. The number of para-hydroxylation sites is 1. The summed E-state index contributed by atoms with van der Waals surface area (Å²) in [7, 11) is 0. The van der Waals surface area contributed by atoms with E-state index in [1.165, 1.54) is 6.07 Å². The van der Waals surface area contributed by atoms with Gasteiger partial charge in [0.2, 0.25) is 0 Å². The van der Waals surface area contributed by atoms with Crippen LogP contribution in [0.2, 0.25) is 0 Å². The largest absolute Gasteiger partial charge is 0.298 e. The Morgan fingerprint density at radius 3 is 2.43 bits per heavy atom. The highest BCUT2D eigenvalue weighted by Crippen LogP contribution is 2.45. The van der Waals surface area contributed by atoms with Crippen LogP contribution in [0.1, 0.15) is 38.7 Å². The molecule has 144 valence electrons. The fraction of sp³-hybridized carbons (Fsp3) is 0.107. The second kappa shape index (κ2) is 6.17. The summed E-state index contributed by atoms with van der Waals surface area (Å²) in [4.78, 5) is 4.46. The molecule has 0 saturated heterocycles. The van der Waals surface area contributed by atoms with Crippen LogP contribution in [0, 0.1) is 0 Å². The van der Waals surface area contributed by atoms with Gasteiger partial charge in [0.05, 0.1) is 30.4 Å². The summed E-state index contributed by atoms with van der Waals surface area (Å²) in [5.41, 5.74) is 3.23. The van der Waals surface area contributed by atoms with Crippen molar-refractivity contribution in [1.29, 1.82) is 0 Å². The van der Waals surface area contributed by atoms with E-state index in [0.29, 0.717) is 16.6 Å². The average molecular weight is 397 g/mol. The first kappa shape index (κ1) is 9.90. The molecule has 0 atom stereocenters. The number of nitrogens with zero attached hydrogens (tertiary/aromatic N) is 2. The van der Waals surface area contributed by atoms with E-state index >= 15 is 0 Å². The zero-order valence-electron chi connectivity index (χ0n) is 26.4. The third-order valence-corrected chi connectivity index (χ3v) is 5.79. The lowest BCUT2D eigenvalue weighted by Gasteiger charge is -2.34. The number of hydrogen-bond donors (Lipinski definition) is 0. The molecule has 5 aromatic rings. The molecule has 0 N–H and O–H groups in total. The number of imidazole rings is 1. The molecule has 0 amide bonds. The number of rotatable bonds is 2. The molecule has 2 heteroatoms. The van der Waals surface area contributed by atoms with Gasteiger partial charge in [0.15, 0.2) is 0 Å². The van der Waals surface area contributed by atoms with Crippen molar-refractivity contribution >= 4 is 11.0 Å². The summed E-state index contributed by atoms with van der Waals surface area (Å²) in [6, 6.07) is 4.87. The fourth-order valence-corrected chi connectivity index (χ4v) is 4.27. The first-order valence-electron chi connectivity index (χ1n) is 14.6. The van der Waals surface area contributed by atoms with Crippen LogP contribution in [-0.2, 0) is 5.41 Å². The van der Waals surface area contributed by atoms with Crippen LogP contribution in [-0.4, -0.2) is 9.55 Å². The Hall–Kier alpha value is -3.65. The summed E-state index contributed by atoms with van der Waals surface area (Å²) in [5, 5.41) is 0. The van der Waals surface area contributed by atoms with Crippen molar-refractivity contribution in [2.45, 2.75) is 19.3 Å². The normalized spacial score (nSPS) is 18.6. The highest BCUT2D eigenvalue weighted by molar-refractivity contribution is 5.88. The maximum absolute atomic E-state index is 8.81. The van der Waals surface area contributed by atoms with Gasteiger partial charge in [0.1, 0.15) is 6.33 Å². The predicted molar refractivity (Wildman–Crippen MR) is 124 cm³/mol. The zero-order valence-corrected chi connectivity index (χ0v) is 16.4. The van der Waals surface area contributed by atoms with Crippen LogP contribution >= 0.6 is 0 Å². The van der Waals surface area contributed by atoms with Crippen molar-refractivity contribution in [3.63, 3.8) is 0 Å². The van der Waals surface area contributed by atoms with Gasteiger partial charge in [-0.1, -0.05) is 86.4 Å². The SMILES string of the molecule is [2H]c1cc(-c2c([2H])c([2H])c([2H])c([2H])c2-c2ccc3c(c2)C(C)(C)c2c([2H])c([2H])cc4ncn-3c24)c([2H])c([2H])c1[2H]. The first-order valence-corrected chi connectivity index (χ1v) is 9.58. The molecule has 0 spiro atoms. The molecule has 30 heavy (non-hydrogen) atoms. The summed E-state index contributed by atoms with van der Waals surface area (Å²) in [6.07, 6.45) is 1.64. The van der Waals surface area contributed by atoms with Gasteiger partial charge >= 0.3 is 0 Å². The third kappa shape index (κ3) is 2.34. The van der Waals surface area contributed by atoms with Crippen molar-refractivity contribution in [2.75, 3.05) is 0 Å². The molecule has 0 radical (unpaired) electrons. The van der Waals surface area contributed by atoms with Gasteiger partial charge in [-0.15, -0.1) is 0 Å². The Bertz CT molecular complexity index is 1940. The highest BCUT2D eigenvalue weighted by Gasteiger charge is 2.34. The topological polar surface area (TPSA) is 17.8 Å². The van der Waals surface area contributed by atoms with E-state index < -0.39 is 41.7 Å². The molecule has 4 aromatic carbocycles. The number of benzene rings is 4. The van der Waals surface area contributed by atoms with Gasteiger partial charge in [-0.25, -0.2) is 4.98 Å². The monoisotopic (exact) mass is 396 g/mol. The molecule has 6 rings (SSSR count). The summed E-state index contributed by atoms with van der Waals surface area (Å²) >= 11 is 0. The van der Waals surface area contributed by atoms with E-state index in [1.54, 1.807) is 24.5 Å². The standard InChI is InChI=1S/C28H22N2/c1-28(2)23-13-8-14-25-27(23)30(18-29-25)26-16-15-20(17-24(26)28)22-12-7-6-11-21(22)19-9-4-3-5-10-19/h3-18H,1-2H3/i3D,4D,5D,6D,7D,8D,9D,11D,12D,13D. The van der Waals surface area contributed by atoms with E-state index in [9.17, 15) is 0 Å². The van der Waals surface area contributed by atoms with Crippen molar-refractivity contribution in [2.24, 2.45) is 0 Å². The van der Waals surface area contributed by atoms with Crippen molar-refractivity contribution in [3.8, 4) is 27.9 Å². The van der Waals surface area contributed by atoms with Crippen molar-refractivity contribution in [1.82, 2.24) is 9.55 Å². The molecule has 0 unspecified atom stereocenters. The molecule has 1 aliphatic heterocycles. The Kier molecular flexibility index (Phi) is 2.04. The van der Waals surface area contributed by atoms with E-state index in [1.807, 2.05) is 24.5 Å². The van der Waals surface area contributed by atoms with E-state index in [2.05, 4.69) is 4.98 Å². The maximum Gasteiger partial charge on any atom is 0.100 e. The second-order valence-electron chi connectivity index (χ2n) is 7.82.